The van der Waals surface area contributed by atoms with E-state index >= 15 is 0 Å². The van der Waals surface area contributed by atoms with Gasteiger partial charge in [-0.1, -0.05) is 12.1 Å². The predicted molar refractivity (Wildman–Crippen MR) is 68.7 cm³/mol. The minimum atomic E-state index is -1.15. The van der Waals surface area contributed by atoms with Crippen molar-refractivity contribution in [1.29, 1.82) is 0 Å². The second-order valence-corrected chi connectivity index (χ2v) is 4.05. The van der Waals surface area contributed by atoms with Gasteiger partial charge in [-0.05, 0) is 17.7 Å². The second-order valence-electron chi connectivity index (χ2n) is 4.05. The standard InChI is InChI=1S/C13H13N3O3/c17-12(7-13(18)19)15-11-3-1-2-10(6-11)8-16-5-4-14-9-16/h1-6,9H,7-8H2,(H,15,17)(H,18,19). The van der Waals surface area contributed by atoms with E-state index in [2.05, 4.69) is 10.3 Å². The maximum atomic E-state index is 11.3. The Bertz CT molecular complexity index is 579. The number of nitrogens with zero attached hydrogens (tertiary/aromatic N) is 2. The predicted octanol–water partition coefficient (Wildman–Crippen LogP) is 1.34. The Hall–Kier alpha value is -2.63. The maximum absolute atomic E-state index is 11.3. The molecule has 2 rings (SSSR count). The number of carbonyl (C=O) groups excluding carboxylic acids is 1. The van der Waals surface area contributed by atoms with Crippen LogP contribution in [0.1, 0.15) is 12.0 Å². The molecule has 2 N–H and O–H groups in total. The number of aromatic nitrogens is 2. The van der Waals surface area contributed by atoms with E-state index in [9.17, 15) is 9.59 Å². The zero-order valence-electron chi connectivity index (χ0n) is 10.1. The summed E-state index contributed by atoms with van der Waals surface area (Å²) in [7, 11) is 0. The minimum absolute atomic E-state index is 0.535. The number of rotatable bonds is 5. The van der Waals surface area contributed by atoms with Crippen LogP contribution in [0.2, 0.25) is 0 Å². The Kier molecular flexibility index (Phi) is 3.92. The number of imidazole rings is 1. The molecule has 6 heteroatoms. The first kappa shape index (κ1) is 12.8. The highest BCUT2D eigenvalue weighted by Crippen LogP contribution is 2.12. The molecule has 1 amide bonds. The topological polar surface area (TPSA) is 84.2 Å². The van der Waals surface area contributed by atoms with Gasteiger partial charge in [0.05, 0.1) is 6.33 Å². The zero-order chi connectivity index (χ0) is 13.7. The van der Waals surface area contributed by atoms with Crippen LogP contribution < -0.4 is 5.32 Å². The molecule has 0 fully saturated rings. The normalized spacial score (nSPS) is 10.1. The van der Waals surface area contributed by atoms with Gasteiger partial charge in [0.15, 0.2) is 0 Å². The highest BCUT2D eigenvalue weighted by Gasteiger charge is 2.07. The van der Waals surface area contributed by atoms with Crippen LogP contribution in [0.3, 0.4) is 0 Å². The van der Waals surface area contributed by atoms with Crippen molar-refractivity contribution < 1.29 is 14.7 Å². The summed E-state index contributed by atoms with van der Waals surface area (Å²) < 4.78 is 1.90. The summed E-state index contributed by atoms with van der Waals surface area (Å²) >= 11 is 0. The van der Waals surface area contributed by atoms with Gasteiger partial charge in [-0.3, -0.25) is 9.59 Å². The number of nitrogens with one attached hydrogen (secondary N) is 1. The van der Waals surface area contributed by atoms with E-state index < -0.39 is 18.3 Å². The highest BCUT2D eigenvalue weighted by atomic mass is 16.4. The third-order valence-corrected chi connectivity index (χ3v) is 2.45. The third kappa shape index (κ3) is 3.95. The molecule has 0 saturated carbocycles. The Morgan fingerprint density at radius 3 is 2.89 bits per heavy atom. The Morgan fingerprint density at radius 1 is 1.37 bits per heavy atom. The van der Waals surface area contributed by atoms with Crippen molar-refractivity contribution in [2.75, 3.05) is 5.32 Å². The molecular weight excluding hydrogens is 246 g/mol. The van der Waals surface area contributed by atoms with Crippen molar-refractivity contribution in [3.8, 4) is 0 Å². The van der Waals surface area contributed by atoms with Gasteiger partial charge >= 0.3 is 5.97 Å². The molecule has 0 spiro atoms. The molecule has 19 heavy (non-hydrogen) atoms. The zero-order valence-corrected chi connectivity index (χ0v) is 10.1. The van der Waals surface area contributed by atoms with E-state index in [1.165, 1.54) is 0 Å². The van der Waals surface area contributed by atoms with Crippen LogP contribution in [-0.4, -0.2) is 26.5 Å². The molecule has 0 aliphatic carbocycles. The molecular formula is C13H13N3O3. The fourth-order valence-corrected chi connectivity index (χ4v) is 1.68. The van der Waals surface area contributed by atoms with E-state index in [4.69, 9.17) is 5.11 Å². The highest BCUT2D eigenvalue weighted by molar-refractivity contribution is 6.01. The van der Waals surface area contributed by atoms with Crippen LogP contribution in [0.25, 0.3) is 0 Å². The van der Waals surface area contributed by atoms with Gasteiger partial charge in [-0.25, -0.2) is 4.98 Å². The van der Waals surface area contributed by atoms with E-state index in [0.29, 0.717) is 12.2 Å². The first-order valence-corrected chi connectivity index (χ1v) is 5.70. The lowest BCUT2D eigenvalue weighted by Crippen LogP contribution is -2.16. The number of amides is 1. The fraction of sp³-hybridized carbons (Fsp3) is 0.154. The average Bonchev–Trinajstić information content (AvgIpc) is 2.81. The molecule has 0 aliphatic heterocycles. The van der Waals surface area contributed by atoms with Gasteiger partial charge in [-0.2, -0.15) is 0 Å². The van der Waals surface area contributed by atoms with E-state index in [1.54, 1.807) is 24.7 Å². The molecule has 98 valence electrons. The Morgan fingerprint density at radius 2 is 2.21 bits per heavy atom. The SMILES string of the molecule is O=C(O)CC(=O)Nc1cccc(Cn2ccnc2)c1. The van der Waals surface area contributed by atoms with Crippen molar-refractivity contribution in [2.45, 2.75) is 13.0 Å². The lowest BCUT2D eigenvalue weighted by molar-refractivity contribution is -0.139. The summed E-state index contributed by atoms with van der Waals surface area (Å²) in [4.78, 5) is 25.7. The monoisotopic (exact) mass is 259 g/mol. The number of carboxylic acid groups (broad SMARTS) is 1. The van der Waals surface area contributed by atoms with Crippen molar-refractivity contribution in [1.82, 2.24) is 9.55 Å². The Labute approximate surface area is 109 Å². The number of aliphatic carboxylic acids is 1. The van der Waals surface area contributed by atoms with Crippen molar-refractivity contribution in [3.63, 3.8) is 0 Å². The number of hydrogen-bond donors (Lipinski definition) is 2. The van der Waals surface area contributed by atoms with E-state index in [1.807, 2.05) is 22.9 Å². The summed E-state index contributed by atoms with van der Waals surface area (Å²) in [6.07, 6.45) is 4.70. The molecule has 0 unspecified atom stereocenters. The first-order chi connectivity index (χ1) is 9.13. The van der Waals surface area contributed by atoms with Crippen molar-refractivity contribution in [2.24, 2.45) is 0 Å². The van der Waals surface area contributed by atoms with Gasteiger partial charge in [0.25, 0.3) is 0 Å². The molecule has 1 heterocycles. The number of carboxylic acids is 1. The maximum Gasteiger partial charge on any atom is 0.312 e. The number of benzene rings is 1. The number of carbonyl (C=O) groups is 2. The molecule has 0 bridgehead atoms. The molecule has 0 radical (unpaired) electrons. The van der Waals surface area contributed by atoms with Crippen LogP contribution in [0, 0.1) is 0 Å². The first-order valence-electron chi connectivity index (χ1n) is 5.70. The molecule has 2 aromatic rings. The summed E-state index contributed by atoms with van der Waals surface area (Å²) in [5.41, 5.74) is 1.58. The molecule has 0 saturated heterocycles. The quantitative estimate of drug-likeness (QED) is 0.794. The van der Waals surface area contributed by atoms with Crippen LogP contribution in [0.4, 0.5) is 5.69 Å². The molecule has 6 nitrogen and oxygen atoms in total. The van der Waals surface area contributed by atoms with Gasteiger partial charge in [0, 0.05) is 24.6 Å². The minimum Gasteiger partial charge on any atom is -0.481 e. The average molecular weight is 259 g/mol. The fourth-order valence-electron chi connectivity index (χ4n) is 1.68. The molecule has 0 atom stereocenters. The molecule has 1 aromatic heterocycles. The number of hydrogen-bond acceptors (Lipinski definition) is 3. The molecule has 1 aromatic carbocycles. The second kappa shape index (κ2) is 5.81. The summed E-state index contributed by atoms with van der Waals surface area (Å²) in [5, 5.41) is 11.1. The van der Waals surface area contributed by atoms with E-state index in [0.717, 1.165) is 5.56 Å². The van der Waals surface area contributed by atoms with Crippen LogP contribution in [0.5, 0.6) is 0 Å². The largest absolute Gasteiger partial charge is 0.481 e. The summed E-state index contributed by atoms with van der Waals surface area (Å²) in [5.74, 6) is -1.68. The van der Waals surface area contributed by atoms with Crippen LogP contribution >= 0.6 is 0 Å². The van der Waals surface area contributed by atoms with Crippen LogP contribution in [-0.2, 0) is 16.1 Å². The lowest BCUT2D eigenvalue weighted by atomic mass is 10.2. The van der Waals surface area contributed by atoms with Gasteiger partial charge in [-0.15, -0.1) is 0 Å². The van der Waals surface area contributed by atoms with Gasteiger partial charge in [0.1, 0.15) is 6.42 Å². The van der Waals surface area contributed by atoms with Crippen LogP contribution in [0.15, 0.2) is 43.0 Å². The van der Waals surface area contributed by atoms with Crippen molar-refractivity contribution in [3.05, 3.63) is 48.5 Å². The van der Waals surface area contributed by atoms with Gasteiger partial charge in [0.2, 0.25) is 5.91 Å². The summed E-state index contributed by atoms with van der Waals surface area (Å²) in [6.45, 7) is 0.642. The van der Waals surface area contributed by atoms with Crippen molar-refractivity contribution >= 4 is 17.6 Å². The number of anilines is 1. The molecule has 0 aliphatic rings. The van der Waals surface area contributed by atoms with Gasteiger partial charge < -0.3 is 15.0 Å². The lowest BCUT2D eigenvalue weighted by Gasteiger charge is -2.07. The Balaban J connectivity index is 2.02. The van der Waals surface area contributed by atoms with E-state index in [-0.39, 0.29) is 0 Å². The summed E-state index contributed by atoms with van der Waals surface area (Å²) in [6, 6.07) is 7.26. The smallest absolute Gasteiger partial charge is 0.312 e. The third-order valence-electron chi connectivity index (χ3n) is 2.45.